The van der Waals surface area contributed by atoms with E-state index < -0.39 is 0 Å². The molecule has 0 saturated carbocycles. The lowest BCUT2D eigenvalue weighted by molar-refractivity contribution is 0.0257. The van der Waals surface area contributed by atoms with Crippen LogP contribution in [0.15, 0.2) is 4.99 Å². The average molecular weight is 283 g/mol. The summed E-state index contributed by atoms with van der Waals surface area (Å²) in [6.45, 7) is 12.8. The van der Waals surface area contributed by atoms with Crippen LogP contribution in [0.1, 0.15) is 47.0 Å². The van der Waals surface area contributed by atoms with Crippen LogP contribution in [0.4, 0.5) is 0 Å². The van der Waals surface area contributed by atoms with Gasteiger partial charge in [0.1, 0.15) is 0 Å². The van der Waals surface area contributed by atoms with E-state index in [9.17, 15) is 0 Å². The fourth-order valence-corrected chi connectivity index (χ4v) is 2.70. The summed E-state index contributed by atoms with van der Waals surface area (Å²) in [7, 11) is 1.88. The smallest absolute Gasteiger partial charge is 0.193 e. The molecule has 0 aromatic heterocycles. The van der Waals surface area contributed by atoms with Crippen LogP contribution in [0.3, 0.4) is 0 Å². The molecule has 1 N–H and O–H groups in total. The van der Waals surface area contributed by atoms with E-state index in [-0.39, 0.29) is 0 Å². The van der Waals surface area contributed by atoms with Crippen molar-refractivity contribution in [3.8, 4) is 0 Å². The van der Waals surface area contributed by atoms with Gasteiger partial charge in [0.2, 0.25) is 0 Å². The molecule has 4 heteroatoms. The third kappa shape index (κ3) is 5.70. The molecule has 1 aliphatic rings. The van der Waals surface area contributed by atoms with E-state index in [4.69, 9.17) is 4.74 Å². The van der Waals surface area contributed by atoms with Gasteiger partial charge in [-0.2, -0.15) is 0 Å². The number of guanidine groups is 1. The Labute approximate surface area is 125 Å². The van der Waals surface area contributed by atoms with E-state index in [0.29, 0.717) is 12.0 Å². The maximum absolute atomic E-state index is 5.78. The predicted octanol–water partition coefficient (Wildman–Crippen LogP) is 2.74. The summed E-state index contributed by atoms with van der Waals surface area (Å²) < 4.78 is 5.78. The van der Waals surface area contributed by atoms with Crippen LogP contribution in [0, 0.1) is 11.8 Å². The highest BCUT2D eigenvalue weighted by Crippen LogP contribution is 2.16. The van der Waals surface area contributed by atoms with Gasteiger partial charge < -0.3 is 15.0 Å². The molecule has 0 amide bonds. The van der Waals surface area contributed by atoms with Gasteiger partial charge in [-0.15, -0.1) is 0 Å². The Morgan fingerprint density at radius 3 is 2.50 bits per heavy atom. The Hall–Kier alpha value is -0.770. The summed E-state index contributed by atoms with van der Waals surface area (Å²) >= 11 is 0. The van der Waals surface area contributed by atoms with Crippen molar-refractivity contribution < 1.29 is 4.74 Å². The molecule has 1 unspecified atom stereocenters. The summed E-state index contributed by atoms with van der Waals surface area (Å²) in [5, 5.41) is 3.49. The van der Waals surface area contributed by atoms with Crippen molar-refractivity contribution in [3.63, 3.8) is 0 Å². The molecule has 1 saturated heterocycles. The number of piperidine rings is 1. The topological polar surface area (TPSA) is 36.9 Å². The lowest BCUT2D eigenvalue weighted by atomic mass is 9.99. The van der Waals surface area contributed by atoms with Crippen molar-refractivity contribution in [2.75, 3.05) is 33.3 Å². The highest BCUT2D eigenvalue weighted by atomic mass is 16.5. The first-order chi connectivity index (χ1) is 9.58. The van der Waals surface area contributed by atoms with E-state index in [2.05, 4.69) is 42.9 Å². The van der Waals surface area contributed by atoms with E-state index in [0.717, 1.165) is 44.5 Å². The number of rotatable bonds is 6. The minimum Gasteiger partial charge on any atom is -0.378 e. The van der Waals surface area contributed by atoms with Gasteiger partial charge >= 0.3 is 0 Å². The SMILES string of the molecule is CCOC(CCNC(=NC)N1CCC(C)CC1)C(C)C. The Morgan fingerprint density at radius 1 is 1.35 bits per heavy atom. The van der Waals surface area contributed by atoms with E-state index in [1.165, 1.54) is 12.8 Å². The maximum Gasteiger partial charge on any atom is 0.193 e. The van der Waals surface area contributed by atoms with Gasteiger partial charge in [0.05, 0.1) is 6.10 Å². The zero-order valence-corrected chi connectivity index (χ0v) is 14.0. The normalized spacial score (nSPS) is 19.5. The maximum atomic E-state index is 5.78. The first-order valence-corrected chi connectivity index (χ1v) is 8.15. The van der Waals surface area contributed by atoms with Gasteiger partial charge in [0, 0.05) is 33.3 Å². The zero-order chi connectivity index (χ0) is 15.0. The third-order valence-corrected chi connectivity index (χ3v) is 4.13. The van der Waals surface area contributed by atoms with Crippen LogP contribution >= 0.6 is 0 Å². The summed E-state index contributed by atoms with van der Waals surface area (Å²) in [5.41, 5.74) is 0. The minimum atomic E-state index is 0.340. The number of nitrogens with one attached hydrogen (secondary N) is 1. The quantitative estimate of drug-likeness (QED) is 0.601. The molecule has 1 rings (SSSR count). The monoisotopic (exact) mass is 283 g/mol. The molecule has 0 aromatic carbocycles. The molecule has 0 spiro atoms. The second-order valence-electron chi connectivity index (χ2n) is 6.17. The number of aliphatic imine (C=N–C) groups is 1. The second-order valence-corrected chi connectivity index (χ2v) is 6.17. The van der Waals surface area contributed by atoms with Gasteiger partial charge in [0.25, 0.3) is 0 Å². The fraction of sp³-hybridized carbons (Fsp3) is 0.938. The highest BCUT2D eigenvalue weighted by molar-refractivity contribution is 5.79. The van der Waals surface area contributed by atoms with Crippen molar-refractivity contribution in [3.05, 3.63) is 0 Å². The lowest BCUT2D eigenvalue weighted by Gasteiger charge is -2.33. The summed E-state index contributed by atoms with van der Waals surface area (Å²) in [6, 6.07) is 0. The molecule has 1 heterocycles. The van der Waals surface area contributed by atoms with Crippen LogP contribution in [0.25, 0.3) is 0 Å². The van der Waals surface area contributed by atoms with Crippen molar-refractivity contribution >= 4 is 5.96 Å². The predicted molar refractivity (Wildman–Crippen MR) is 86.2 cm³/mol. The van der Waals surface area contributed by atoms with Gasteiger partial charge in [0.15, 0.2) is 5.96 Å². The van der Waals surface area contributed by atoms with Crippen molar-refractivity contribution in [1.29, 1.82) is 0 Å². The zero-order valence-electron chi connectivity index (χ0n) is 14.0. The molecule has 118 valence electrons. The Morgan fingerprint density at radius 2 is 2.00 bits per heavy atom. The number of hydrogen-bond acceptors (Lipinski definition) is 2. The third-order valence-electron chi connectivity index (χ3n) is 4.13. The fourth-order valence-electron chi connectivity index (χ4n) is 2.70. The van der Waals surface area contributed by atoms with Crippen molar-refractivity contribution in [1.82, 2.24) is 10.2 Å². The molecule has 1 fully saturated rings. The van der Waals surface area contributed by atoms with Crippen molar-refractivity contribution in [2.45, 2.75) is 53.1 Å². The largest absolute Gasteiger partial charge is 0.378 e. The number of ether oxygens (including phenoxy) is 1. The highest BCUT2D eigenvalue weighted by Gasteiger charge is 2.19. The van der Waals surface area contributed by atoms with Crippen LogP contribution in [0.2, 0.25) is 0 Å². The number of hydrogen-bond donors (Lipinski definition) is 1. The molecule has 20 heavy (non-hydrogen) atoms. The molecular weight excluding hydrogens is 250 g/mol. The number of nitrogens with zero attached hydrogens (tertiary/aromatic N) is 2. The van der Waals surface area contributed by atoms with Crippen LogP contribution in [-0.4, -0.2) is 50.3 Å². The Bertz CT molecular complexity index is 283. The number of likely N-dealkylation sites (tertiary alicyclic amines) is 1. The minimum absolute atomic E-state index is 0.340. The van der Waals surface area contributed by atoms with Gasteiger partial charge in [-0.05, 0) is 38.0 Å². The second kappa shape index (κ2) is 9.22. The van der Waals surface area contributed by atoms with Crippen LogP contribution < -0.4 is 5.32 Å². The molecule has 4 nitrogen and oxygen atoms in total. The van der Waals surface area contributed by atoms with Crippen LogP contribution in [0.5, 0.6) is 0 Å². The van der Waals surface area contributed by atoms with E-state index in [1.54, 1.807) is 0 Å². The first kappa shape index (κ1) is 17.3. The van der Waals surface area contributed by atoms with E-state index in [1.807, 2.05) is 7.05 Å². The molecule has 1 aliphatic heterocycles. The molecule has 0 aromatic rings. The Balaban J connectivity index is 2.34. The standard InChI is InChI=1S/C16H33N3O/c1-6-20-15(13(2)3)7-10-18-16(17-5)19-11-8-14(4)9-12-19/h13-15H,6-12H2,1-5H3,(H,17,18). The van der Waals surface area contributed by atoms with Gasteiger partial charge in [-0.1, -0.05) is 20.8 Å². The van der Waals surface area contributed by atoms with E-state index >= 15 is 0 Å². The summed E-state index contributed by atoms with van der Waals surface area (Å²) in [5.74, 6) is 2.47. The lowest BCUT2D eigenvalue weighted by Crippen LogP contribution is -2.46. The molecular formula is C16H33N3O. The molecule has 0 bridgehead atoms. The summed E-state index contributed by atoms with van der Waals surface area (Å²) in [6.07, 6.45) is 3.92. The van der Waals surface area contributed by atoms with Gasteiger partial charge in [-0.25, -0.2) is 0 Å². The first-order valence-electron chi connectivity index (χ1n) is 8.15. The Kier molecular flexibility index (Phi) is 7.97. The van der Waals surface area contributed by atoms with Gasteiger partial charge in [-0.3, -0.25) is 4.99 Å². The molecule has 0 aliphatic carbocycles. The van der Waals surface area contributed by atoms with Crippen LogP contribution in [-0.2, 0) is 4.74 Å². The van der Waals surface area contributed by atoms with Crippen molar-refractivity contribution in [2.24, 2.45) is 16.8 Å². The summed E-state index contributed by atoms with van der Waals surface area (Å²) in [4.78, 5) is 6.80. The molecule has 1 atom stereocenters. The average Bonchev–Trinajstić information content (AvgIpc) is 2.43. The molecule has 0 radical (unpaired) electrons.